The Kier molecular flexibility index (Phi) is 10.0. The summed E-state index contributed by atoms with van der Waals surface area (Å²) in [4.78, 5) is 48.0. The third-order valence-electron chi connectivity index (χ3n) is 13.7. The Bertz CT molecular complexity index is 1040. The number of rotatable bonds is 12. The molecule has 0 aromatic rings. The topological polar surface area (TPSA) is 122 Å². The highest BCUT2D eigenvalue weighted by molar-refractivity contribution is 5.69. The number of quaternary nitrogens is 1. The first kappa shape index (κ1) is 33.2. The molecule has 44 heavy (non-hydrogen) atoms. The summed E-state index contributed by atoms with van der Waals surface area (Å²) in [7, 11) is 0. The number of piperidine rings is 1. The van der Waals surface area contributed by atoms with Gasteiger partial charge in [-0.25, -0.2) is 0 Å². The van der Waals surface area contributed by atoms with Crippen LogP contribution in [0.3, 0.4) is 0 Å². The van der Waals surface area contributed by atoms with Gasteiger partial charge in [0.25, 0.3) is 19.4 Å². The van der Waals surface area contributed by atoms with Crippen molar-refractivity contribution in [2.45, 2.75) is 129 Å². The molecule has 0 amide bonds. The molecule has 0 aromatic carbocycles. The van der Waals surface area contributed by atoms with Gasteiger partial charge in [-0.3, -0.25) is 19.2 Å². The molecule has 4 aliphatic carbocycles. The van der Waals surface area contributed by atoms with Gasteiger partial charge in [0, 0.05) is 36.5 Å². The van der Waals surface area contributed by atoms with Crippen molar-refractivity contribution in [1.82, 2.24) is 0 Å². The van der Waals surface area contributed by atoms with Crippen LogP contribution in [0.2, 0.25) is 0 Å². The first-order chi connectivity index (χ1) is 21.0. The molecular weight excluding hydrogens is 562 g/mol. The molecule has 5 rings (SSSR count). The van der Waals surface area contributed by atoms with Crippen LogP contribution in [0, 0.1) is 52.3 Å². The van der Waals surface area contributed by atoms with Crippen LogP contribution in [0.25, 0.3) is 0 Å². The number of fused-ring (bicyclic) bond motifs is 5. The van der Waals surface area contributed by atoms with Gasteiger partial charge in [-0.15, -0.1) is 0 Å². The lowest BCUT2D eigenvalue weighted by Gasteiger charge is -2.64. The monoisotopic (exact) mass is 618 g/mol. The standard InChI is InChI=1S/C35H55NO8/c1-22(6-9-31(40)44-33(2,3)23-11-14-36-15-12-23)26-7-8-27-32-28(18-30(43-21-39)35(26,27)5)34(4)13-10-25(41-19-37)16-24(34)17-29(32)42-20-38/h19-30,32,36H,6-18H2,1-5H3/p+1/t22-,24+,25?,26-,27+,28+,29?,30?,32+,34+,35-/m1/s1. The molecule has 5 aliphatic rings. The molecule has 5 fully saturated rings. The second-order valence-electron chi connectivity index (χ2n) is 15.9. The molecule has 0 spiro atoms. The molecule has 248 valence electrons. The number of hydrogen-bond acceptors (Lipinski definition) is 8. The Balaban J connectivity index is 1.32. The molecule has 11 atom stereocenters. The highest BCUT2D eigenvalue weighted by Crippen LogP contribution is 2.69. The Morgan fingerprint density at radius 1 is 0.909 bits per heavy atom. The van der Waals surface area contributed by atoms with Gasteiger partial charge in [0.15, 0.2) is 0 Å². The van der Waals surface area contributed by atoms with Crippen LogP contribution in [0.15, 0.2) is 0 Å². The third-order valence-corrected chi connectivity index (χ3v) is 13.7. The molecule has 9 nitrogen and oxygen atoms in total. The zero-order valence-electron chi connectivity index (χ0n) is 27.5. The molecular formula is C35H56NO8+. The number of carbonyl (C=O) groups is 4. The van der Waals surface area contributed by atoms with Gasteiger partial charge in [-0.05, 0) is 100 Å². The molecule has 1 aliphatic heterocycles. The molecule has 0 aromatic heterocycles. The van der Waals surface area contributed by atoms with E-state index in [0.29, 0.717) is 31.8 Å². The summed E-state index contributed by atoms with van der Waals surface area (Å²) in [6, 6.07) is 0. The molecule has 4 saturated carbocycles. The zero-order chi connectivity index (χ0) is 31.7. The van der Waals surface area contributed by atoms with Gasteiger partial charge in [0.2, 0.25) is 0 Å². The summed E-state index contributed by atoms with van der Waals surface area (Å²) in [5.74, 6) is 1.68. The Hall–Kier alpha value is -2.16. The van der Waals surface area contributed by atoms with Crippen LogP contribution in [0.4, 0.5) is 0 Å². The summed E-state index contributed by atoms with van der Waals surface area (Å²) < 4.78 is 23.4. The van der Waals surface area contributed by atoms with E-state index in [4.69, 9.17) is 18.9 Å². The van der Waals surface area contributed by atoms with E-state index in [1.54, 1.807) is 0 Å². The Labute approximate surface area is 263 Å². The maximum absolute atomic E-state index is 13.1. The maximum Gasteiger partial charge on any atom is 0.306 e. The van der Waals surface area contributed by atoms with Crippen LogP contribution < -0.4 is 5.32 Å². The van der Waals surface area contributed by atoms with E-state index in [0.717, 1.165) is 77.3 Å². The Morgan fingerprint density at radius 3 is 2.30 bits per heavy atom. The minimum Gasteiger partial charge on any atom is -0.465 e. The largest absolute Gasteiger partial charge is 0.465 e. The summed E-state index contributed by atoms with van der Waals surface area (Å²) in [6.45, 7) is 14.9. The van der Waals surface area contributed by atoms with Gasteiger partial charge < -0.3 is 24.3 Å². The SMILES string of the molecule is C[C@H](CCC(=O)OC(C)(C)C1CC[NH2+]CC1)[C@H]1CC[C@H]2[C@@H]3C(OC=O)C[C@@H]4CC(OC=O)CC[C@]4(C)[C@H]3CC(OC=O)[C@]12C. The molecule has 3 unspecified atom stereocenters. The maximum atomic E-state index is 13.1. The van der Waals surface area contributed by atoms with Crippen LogP contribution in [0.5, 0.6) is 0 Å². The van der Waals surface area contributed by atoms with Crippen molar-refractivity contribution in [3.05, 3.63) is 0 Å². The number of hydrogen-bond donors (Lipinski definition) is 1. The van der Waals surface area contributed by atoms with E-state index < -0.39 is 5.60 Å². The number of ether oxygens (including phenoxy) is 4. The van der Waals surface area contributed by atoms with E-state index in [1.165, 1.54) is 0 Å². The number of carbonyl (C=O) groups excluding carboxylic acids is 4. The second-order valence-corrected chi connectivity index (χ2v) is 15.9. The summed E-state index contributed by atoms with van der Waals surface area (Å²) in [6.07, 6.45) is 8.69. The lowest BCUT2D eigenvalue weighted by atomic mass is 9.43. The van der Waals surface area contributed by atoms with Gasteiger partial charge >= 0.3 is 5.97 Å². The van der Waals surface area contributed by atoms with Crippen molar-refractivity contribution >= 4 is 25.4 Å². The lowest BCUT2D eigenvalue weighted by Crippen LogP contribution is -2.86. The summed E-state index contributed by atoms with van der Waals surface area (Å²) in [5.41, 5.74) is -0.755. The van der Waals surface area contributed by atoms with Crippen LogP contribution >= 0.6 is 0 Å². The van der Waals surface area contributed by atoms with Gasteiger partial charge in [0.05, 0.1) is 13.1 Å². The van der Waals surface area contributed by atoms with Gasteiger partial charge in [-0.1, -0.05) is 20.8 Å². The van der Waals surface area contributed by atoms with Crippen molar-refractivity contribution in [2.24, 2.45) is 52.3 Å². The first-order valence-electron chi connectivity index (χ1n) is 17.3. The molecule has 9 heteroatoms. The predicted octanol–water partition coefficient (Wildman–Crippen LogP) is 4.20. The van der Waals surface area contributed by atoms with Crippen molar-refractivity contribution < 1.29 is 43.4 Å². The molecule has 2 N–H and O–H groups in total. The van der Waals surface area contributed by atoms with E-state index >= 15 is 0 Å². The van der Waals surface area contributed by atoms with E-state index in [1.807, 2.05) is 0 Å². The van der Waals surface area contributed by atoms with Crippen molar-refractivity contribution in [1.29, 1.82) is 0 Å². The fourth-order valence-corrected chi connectivity index (χ4v) is 11.3. The molecule has 0 radical (unpaired) electrons. The minimum atomic E-state index is -0.457. The number of nitrogens with two attached hydrogens (primary N) is 1. The van der Waals surface area contributed by atoms with E-state index in [-0.39, 0.29) is 70.6 Å². The average Bonchev–Trinajstić information content (AvgIpc) is 3.35. The molecule has 0 bridgehead atoms. The fraction of sp³-hybridized carbons (Fsp3) is 0.886. The molecule has 1 heterocycles. The van der Waals surface area contributed by atoms with Crippen LogP contribution in [-0.2, 0) is 38.1 Å². The zero-order valence-corrected chi connectivity index (χ0v) is 27.5. The van der Waals surface area contributed by atoms with Gasteiger partial charge in [0.1, 0.15) is 23.9 Å². The van der Waals surface area contributed by atoms with Gasteiger partial charge in [-0.2, -0.15) is 0 Å². The normalized spacial score (nSPS) is 41.2. The van der Waals surface area contributed by atoms with Crippen molar-refractivity contribution in [3.8, 4) is 0 Å². The Morgan fingerprint density at radius 2 is 1.61 bits per heavy atom. The quantitative estimate of drug-likeness (QED) is 0.196. The highest BCUT2D eigenvalue weighted by Gasteiger charge is 2.67. The first-order valence-corrected chi connectivity index (χ1v) is 17.3. The van der Waals surface area contributed by atoms with Crippen LogP contribution in [0.1, 0.15) is 105 Å². The second kappa shape index (κ2) is 13.3. The third kappa shape index (κ3) is 6.03. The molecule has 1 saturated heterocycles. The van der Waals surface area contributed by atoms with Crippen molar-refractivity contribution in [3.63, 3.8) is 0 Å². The summed E-state index contributed by atoms with van der Waals surface area (Å²) in [5, 5.41) is 2.33. The van der Waals surface area contributed by atoms with E-state index in [2.05, 4.69) is 39.9 Å². The van der Waals surface area contributed by atoms with E-state index in [9.17, 15) is 19.2 Å². The highest BCUT2D eigenvalue weighted by atomic mass is 16.6. The smallest absolute Gasteiger partial charge is 0.306 e. The number of esters is 1. The minimum absolute atomic E-state index is 0.0153. The predicted molar refractivity (Wildman–Crippen MR) is 162 cm³/mol. The van der Waals surface area contributed by atoms with Crippen LogP contribution in [-0.4, -0.2) is 62.4 Å². The lowest BCUT2D eigenvalue weighted by molar-refractivity contribution is -0.665. The van der Waals surface area contributed by atoms with Crippen molar-refractivity contribution in [2.75, 3.05) is 13.1 Å². The summed E-state index contributed by atoms with van der Waals surface area (Å²) >= 11 is 0. The fourth-order valence-electron chi connectivity index (χ4n) is 11.3. The average molecular weight is 619 g/mol.